The quantitative estimate of drug-likeness (QED) is 0.820. The van der Waals surface area contributed by atoms with Gasteiger partial charge in [0.25, 0.3) is 0 Å². The second-order valence-electron chi connectivity index (χ2n) is 4.24. The minimum Gasteiger partial charge on any atom is -0.374 e. The Balaban J connectivity index is 1.92. The van der Waals surface area contributed by atoms with E-state index in [1.807, 2.05) is 19.2 Å². The van der Waals surface area contributed by atoms with E-state index < -0.39 is 0 Å². The lowest BCUT2D eigenvalue weighted by Crippen LogP contribution is -2.45. The van der Waals surface area contributed by atoms with Crippen molar-refractivity contribution < 1.29 is 4.74 Å². The highest BCUT2D eigenvalue weighted by atomic mass is 35.5. The van der Waals surface area contributed by atoms with E-state index in [1.165, 1.54) is 0 Å². The highest BCUT2D eigenvalue weighted by Gasteiger charge is 2.20. The van der Waals surface area contributed by atoms with Gasteiger partial charge in [-0.25, -0.2) is 4.98 Å². The Kier molecular flexibility index (Phi) is 4.74. The molecule has 1 atom stereocenters. The maximum atomic E-state index is 6.06. The van der Waals surface area contributed by atoms with Crippen LogP contribution in [0.15, 0.2) is 18.3 Å². The summed E-state index contributed by atoms with van der Waals surface area (Å²) in [7, 11) is 1.94. The summed E-state index contributed by atoms with van der Waals surface area (Å²) >= 11 is 6.06. The topological polar surface area (TPSA) is 37.4 Å². The molecule has 4 nitrogen and oxygen atoms in total. The summed E-state index contributed by atoms with van der Waals surface area (Å²) in [5, 5.41) is 3.74. The van der Waals surface area contributed by atoms with Crippen LogP contribution in [0.3, 0.4) is 0 Å². The zero-order valence-electron chi connectivity index (χ0n) is 10.0. The zero-order chi connectivity index (χ0) is 12.1. The Bertz CT molecular complexity index is 359. The van der Waals surface area contributed by atoms with Crippen LogP contribution in [0.25, 0.3) is 0 Å². The number of halogens is 1. The van der Waals surface area contributed by atoms with Gasteiger partial charge in [0.1, 0.15) is 5.15 Å². The number of aromatic nitrogens is 1. The van der Waals surface area contributed by atoms with Crippen LogP contribution in [0.4, 0.5) is 0 Å². The van der Waals surface area contributed by atoms with Crippen molar-refractivity contribution >= 4 is 11.6 Å². The van der Waals surface area contributed by atoms with Crippen molar-refractivity contribution in [1.82, 2.24) is 15.2 Å². The van der Waals surface area contributed by atoms with Crippen molar-refractivity contribution in [2.24, 2.45) is 0 Å². The third kappa shape index (κ3) is 3.64. The molecule has 1 N–H and O–H groups in total. The molecule has 1 unspecified atom stereocenters. The van der Waals surface area contributed by atoms with Gasteiger partial charge in [0, 0.05) is 37.9 Å². The number of morpholine rings is 1. The summed E-state index contributed by atoms with van der Waals surface area (Å²) in [6.07, 6.45) is 1.98. The van der Waals surface area contributed by atoms with Gasteiger partial charge in [0.2, 0.25) is 0 Å². The maximum absolute atomic E-state index is 6.06. The lowest BCUT2D eigenvalue weighted by atomic mass is 10.2. The van der Waals surface area contributed by atoms with E-state index in [0.717, 1.165) is 38.3 Å². The first-order chi connectivity index (χ1) is 8.29. The van der Waals surface area contributed by atoms with E-state index >= 15 is 0 Å². The molecule has 0 saturated carbocycles. The first-order valence-electron chi connectivity index (χ1n) is 5.87. The van der Waals surface area contributed by atoms with Crippen LogP contribution in [0.1, 0.15) is 5.56 Å². The van der Waals surface area contributed by atoms with Crippen molar-refractivity contribution in [1.29, 1.82) is 0 Å². The lowest BCUT2D eigenvalue weighted by molar-refractivity contribution is -0.0291. The molecule has 0 aliphatic carbocycles. The number of hydrogen-bond donors (Lipinski definition) is 1. The van der Waals surface area contributed by atoms with Crippen LogP contribution in [-0.2, 0) is 11.3 Å². The van der Waals surface area contributed by atoms with Crippen LogP contribution in [-0.4, -0.2) is 49.3 Å². The average molecular weight is 256 g/mol. The number of ether oxygens (including phenoxy) is 1. The van der Waals surface area contributed by atoms with Gasteiger partial charge in [-0.3, -0.25) is 4.90 Å². The number of nitrogens with zero attached hydrogens (tertiary/aromatic N) is 2. The normalized spacial score (nSPS) is 21.6. The van der Waals surface area contributed by atoms with Crippen LogP contribution in [0, 0.1) is 0 Å². The summed E-state index contributed by atoms with van der Waals surface area (Å²) in [4.78, 5) is 6.45. The van der Waals surface area contributed by atoms with Crippen molar-refractivity contribution in [3.8, 4) is 0 Å². The number of nitrogens with one attached hydrogen (secondary N) is 1. The molecule has 5 heteroatoms. The molecule has 2 heterocycles. The van der Waals surface area contributed by atoms with Crippen LogP contribution < -0.4 is 5.32 Å². The van der Waals surface area contributed by atoms with Crippen molar-refractivity contribution in [2.75, 3.05) is 33.3 Å². The fourth-order valence-corrected chi connectivity index (χ4v) is 2.23. The predicted molar refractivity (Wildman–Crippen MR) is 68.2 cm³/mol. The molecule has 0 spiro atoms. The second kappa shape index (κ2) is 6.31. The first kappa shape index (κ1) is 12.8. The fourth-order valence-electron chi connectivity index (χ4n) is 2.05. The Morgan fingerprint density at radius 2 is 2.53 bits per heavy atom. The van der Waals surface area contributed by atoms with Crippen LogP contribution >= 0.6 is 11.6 Å². The van der Waals surface area contributed by atoms with E-state index in [-0.39, 0.29) is 6.10 Å². The fraction of sp³-hybridized carbons (Fsp3) is 0.583. The van der Waals surface area contributed by atoms with E-state index in [2.05, 4.69) is 15.2 Å². The Morgan fingerprint density at radius 1 is 1.65 bits per heavy atom. The van der Waals surface area contributed by atoms with E-state index in [1.54, 1.807) is 6.20 Å². The molecule has 1 aromatic heterocycles. The number of pyridine rings is 1. The highest BCUT2D eigenvalue weighted by Crippen LogP contribution is 2.16. The Labute approximate surface area is 107 Å². The van der Waals surface area contributed by atoms with Crippen LogP contribution in [0.5, 0.6) is 0 Å². The molecule has 17 heavy (non-hydrogen) atoms. The van der Waals surface area contributed by atoms with Gasteiger partial charge < -0.3 is 10.1 Å². The minimum atomic E-state index is 0.268. The molecule has 94 valence electrons. The van der Waals surface area contributed by atoms with Crippen molar-refractivity contribution in [3.05, 3.63) is 29.0 Å². The predicted octanol–water partition coefficient (Wildman–Crippen LogP) is 1.16. The Hall–Kier alpha value is -0.680. The summed E-state index contributed by atoms with van der Waals surface area (Å²) < 4.78 is 5.66. The number of likely N-dealkylation sites (N-methyl/N-ethyl adjacent to an activating group) is 1. The van der Waals surface area contributed by atoms with Crippen molar-refractivity contribution in [2.45, 2.75) is 12.6 Å². The van der Waals surface area contributed by atoms with Gasteiger partial charge in [0.05, 0.1) is 12.7 Å². The Morgan fingerprint density at radius 3 is 3.29 bits per heavy atom. The summed E-state index contributed by atoms with van der Waals surface area (Å²) in [6.45, 7) is 4.40. The third-order valence-corrected chi connectivity index (χ3v) is 3.23. The maximum Gasteiger partial charge on any atom is 0.133 e. The van der Waals surface area contributed by atoms with Gasteiger partial charge >= 0.3 is 0 Å². The van der Waals surface area contributed by atoms with Gasteiger partial charge in [-0.1, -0.05) is 17.7 Å². The summed E-state index contributed by atoms with van der Waals surface area (Å²) in [5.74, 6) is 0. The summed E-state index contributed by atoms with van der Waals surface area (Å²) in [5.41, 5.74) is 1.08. The van der Waals surface area contributed by atoms with Gasteiger partial charge in [-0.2, -0.15) is 0 Å². The monoisotopic (exact) mass is 255 g/mol. The lowest BCUT2D eigenvalue weighted by Gasteiger charge is -2.32. The molecule has 0 aromatic carbocycles. The molecular formula is C12H18ClN3O. The molecule has 1 aromatic rings. The molecule has 2 rings (SSSR count). The molecule has 0 bridgehead atoms. The van der Waals surface area contributed by atoms with Gasteiger partial charge in [-0.05, 0) is 13.1 Å². The van der Waals surface area contributed by atoms with Crippen LogP contribution in [0.2, 0.25) is 5.15 Å². The SMILES string of the molecule is CNCC1CN(Cc2cccnc2Cl)CCO1. The second-order valence-corrected chi connectivity index (χ2v) is 4.60. The molecule has 0 radical (unpaired) electrons. The van der Waals surface area contributed by atoms with Gasteiger partial charge in [0.15, 0.2) is 0 Å². The van der Waals surface area contributed by atoms with E-state index in [4.69, 9.17) is 16.3 Å². The third-order valence-electron chi connectivity index (χ3n) is 2.88. The highest BCUT2D eigenvalue weighted by molar-refractivity contribution is 6.30. The molecule has 0 amide bonds. The number of rotatable bonds is 4. The number of hydrogen-bond acceptors (Lipinski definition) is 4. The zero-order valence-corrected chi connectivity index (χ0v) is 10.8. The minimum absolute atomic E-state index is 0.268. The molecule has 1 fully saturated rings. The molecule has 1 aliphatic rings. The average Bonchev–Trinajstić information content (AvgIpc) is 2.33. The largest absolute Gasteiger partial charge is 0.374 e. The van der Waals surface area contributed by atoms with E-state index in [9.17, 15) is 0 Å². The van der Waals surface area contributed by atoms with E-state index in [0.29, 0.717) is 5.15 Å². The first-order valence-corrected chi connectivity index (χ1v) is 6.25. The van der Waals surface area contributed by atoms with Crippen molar-refractivity contribution in [3.63, 3.8) is 0 Å². The molecular weight excluding hydrogens is 238 g/mol. The van der Waals surface area contributed by atoms with Gasteiger partial charge in [-0.15, -0.1) is 0 Å². The standard InChI is InChI=1S/C12H18ClN3O/c1-14-7-11-9-16(5-6-17-11)8-10-3-2-4-15-12(10)13/h2-4,11,14H,5-9H2,1H3. The summed E-state index contributed by atoms with van der Waals surface area (Å²) in [6, 6.07) is 3.95. The smallest absolute Gasteiger partial charge is 0.133 e. The molecule has 1 saturated heterocycles. The molecule has 1 aliphatic heterocycles.